The lowest BCUT2D eigenvalue weighted by atomic mass is 9.78. The Kier molecular flexibility index (Phi) is 2.42. The molecule has 1 aliphatic carbocycles. The minimum atomic E-state index is -2.00. The number of aromatic nitrogens is 2. The van der Waals surface area contributed by atoms with Crippen molar-refractivity contribution in [2.75, 3.05) is 6.61 Å². The monoisotopic (exact) mass is 232 g/mol. The predicted octanol–water partition coefficient (Wildman–Crippen LogP) is -0.300. The van der Waals surface area contributed by atoms with E-state index in [0.717, 1.165) is 0 Å². The van der Waals surface area contributed by atoms with Gasteiger partial charge < -0.3 is 5.11 Å². The minimum Gasteiger partial charge on any atom is -0.396 e. The second-order valence-electron chi connectivity index (χ2n) is 3.98. The minimum absolute atomic E-state index is 0.0606. The molecule has 2 N–H and O–H groups in total. The number of aliphatic hydroxyl groups is 1. The van der Waals surface area contributed by atoms with Crippen LogP contribution in [0.1, 0.15) is 12.8 Å². The summed E-state index contributed by atoms with van der Waals surface area (Å²) in [5, 5.41) is 8.75. The van der Waals surface area contributed by atoms with Crippen LogP contribution in [0.15, 0.2) is 15.8 Å². The average molecular weight is 232 g/mol. The molecule has 1 saturated carbocycles. The lowest BCUT2D eigenvalue weighted by Crippen LogP contribution is -2.50. The summed E-state index contributed by atoms with van der Waals surface area (Å²) in [5.41, 5.74) is -2.15. The zero-order valence-corrected chi connectivity index (χ0v) is 8.24. The van der Waals surface area contributed by atoms with E-state index in [0.29, 0.717) is 10.8 Å². The molecule has 1 aromatic rings. The van der Waals surface area contributed by atoms with Gasteiger partial charge in [0.25, 0.3) is 5.56 Å². The number of aromatic amines is 1. The molecule has 1 heterocycles. The first-order valence-corrected chi connectivity index (χ1v) is 4.78. The van der Waals surface area contributed by atoms with Crippen LogP contribution in [0.3, 0.4) is 0 Å². The molecule has 2 rings (SSSR count). The Labute approximate surface area is 88.3 Å². The maximum atomic E-state index is 14.0. The van der Waals surface area contributed by atoms with E-state index in [1.54, 1.807) is 4.98 Å². The number of hydrogen-bond donors (Lipinski definition) is 2. The van der Waals surface area contributed by atoms with Crippen LogP contribution in [-0.4, -0.2) is 21.3 Å². The Bertz CT molecular complexity index is 516. The van der Waals surface area contributed by atoms with E-state index in [4.69, 9.17) is 5.11 Å². The van der Waals surface area contributed by atoms with E-state index in [2.05, 4.69) is 0 Å². The fourth-order valence-corrected chi connectivity index (χ4v) is 1.90. The molecule has 88 valence electrons. The highest BCUT2D eigenvalue weighted by Gasteiger charge is 2.47. The second kappa shape index (κ2) is 3.51. The molecule has 0 bridgehead atoms. The van der Waals surface area contributed by atoms with Crippen molar-refractivity contribution in [2.24, 2.45) is 5.92 Å². The van der Waals surface area contributed by atoms with Crippen LogP contribution < -0.4 is 11.2 Å². The summed E-state index contributed by atoms with van der Waals surface area (Å²) in [6, 6.07) is 0. The number of H-pyrrole nitrogens is 1. The van der Waals surface area contributed by atoms with Crippen LogP contribution >= 0.6 is 0 Å². The summed E-state index contributed by atoms with van der Waals surface area (Å²) < 4.78 is 27.5. The molecular formula is C9H10F2N2O3. The fraction of sp³-hybridized carbons (Fsp3) is 0.556. The van der Waals surface area contributed by atoms with Gasteiger partial charge in [-0.05, 0) is 5.92 Å². The first-order chi connectivity index (χ1) is 7.46. The Hall–Kier alpha value is -1.50. The molecule has 0 aromatic carbocycles. The standard InChI is InChI=1S/C9H10F2N2O3/c10-6-3-13(8(16)12-7(6)15)9(11)1-5(2-9)4-14/h3,5,14H,1-2,4H2,(H,12,15,16)/t5-,9-. The van der Waals surface area contributed by atoms with Crippen molar-refractivity contribution < 1.29 is 13.9 Å². The van der Waals surface area contributed by atoms with Gasteiger partial charge in [0.05, 0.1) is 6.20 Å². The number of hydrogen-bond acceptors (Lipinski definition) is 3. The highest BCUT2D eigenvalue weighted by molar-refractivity contribution is 4.97. The Morgan fingerprint density at radius 1 is 1.56 bits per heavy atom. The molecular weight excluding hydrogens is 222 g/mol. The topological polar surface area (TPSA) is 75.1 Å². The van der Waals surface area contributed by atoms with Crippen molar-refractivity contribution in [1.82, 2.24) is 9.55 Å². The highest BCUT2D eigenvalue weighted by Crippen LogP contribution is 2.43. The third-order valence-corrected chi connectivity index (χ3v) is 2.79. The van der Waals surface area contributed by atoms with Crippen molar-refractivity contribution in [2.45, 2.75) is 18.6 Å². The number of halogens is 2. The molecule has 0 spiro atoms. The Morgan fingerprint density at radius 3 is 2.75 bits per heavy atom. The van der Waals surface area contributed by atoms with Gasteiger partial charge in [-0.25, -0.2) is 9.18 Å². The van der Waals surface area contributed by atoms with E-state index < -0.39 is 22.9 Å². The zero-order chi connectivity index (χ0) is 11.9. The third-order valence-electron chi connectivity index (χ3n) is 2.79. The maximum Gasteiger partial charge on any atom is 0.331 e. The molecule has 5 nitrogen and oxygen atoms in total. The van der Waals surface area contributed by atoms with Gasteiger partial charge >= 0.3 is 5.69 Å². The van der Waals surface area contributed by atoms with E-state index in [9.17, 15) is 18.4 Å². The fourth-order valence-electron chi connectivity index (χ4n) is 1.90. The van der Waals surface area contributed by atoms with Crippen LogP contribution in [0.4, 0.5) is 8.78 Å². The summed E-state index contributed by atoms with van der Waals surface area (Å²) in [5.74, 6) is -3.44. The van der Waals surface area contributed by atoms with Crippen molar-refractivity contribution in [3.8, 4) is 0 Å². The normalized spacial score (nSPS) is 28.8. The zero-order valence-electron chi connectivity index (χ0n) is 8.24. The van der Waals surface area contributed by atoms with Gasteiger partial charge in [-0.3, -0.25) is 14.3 Å². The van der Waals surface area contributed by atoms with Crippen LogP contribution in [0, 0.1) is 11.7 Å². The van der Waals surface area contributed by atoms with Crippen molar-refractivity contribution in [1.29, 1.82) is 0 Å². The second-order valence-corrected chi connectivity index (χ2v) is 3.98. The summed E-state index contributed by atoms with van der Waals surface area (Å²) >= 11 is 0. The van der Waals surface area contributed by atoms with Gasteiger partial charge in [0, 0.05) is 19.4 Å². The van der Waals surface area contributed by atoms with Crippen LogP contribution in [0.5, 0.6) is 0 Å². The maximum absolute atomic E-state index is 14.0. The van der Waals surface area contributed by atoms with Crippen LogP contribution in [-0.2, 0) is 5.79 Å². The van der Waals surface area contributed by atoms with Crippen molar-refractivity contribution in [3.63, 3.8) is 0 Å². The number of aliphatic hydroxyl groups excluding tert-OH is 1. The lowest BCUT2D eigenvalue weighted by molar-refractivity contribution is -0.0858. The molecule has 0 aliphatic heterocycles. The molecule has 0 amide bonds. The summed E-state index contributed by atoms with van der Waals surface area (Å²) in [7, 11) is 0. The van der Waals surface area contributed by atoms with Gasteiger partial charge in [-0.1, -0.05) is 0 Å². The lowest BCUT2D eigenvalue weighted by Gasteiger charge is -2.41. The molecule has 0 radical (unpaired) electrons. The molecule has 1 aromatic heterocycles. The molecule has 0 saturated heterocycles. The number of nitrogens with one attached hydrogen (secondary N) is 1. The quantitative estimate of drug-likeness (QED) is 0.735. The smallest absolute Gasteiger partial charge is 0.331 e. The van der Waals surface area contributed by atoms with Gasteiger partial charge in [-0.15, -0.1) is 0 Å². The molecule has 1 aliphatic rings. The van der Waals surface area contributed by atoms with E-state index in [1.165, 1.54) is 0 Å². The molecule has 0 atom stereocenters. The van der Waals surface area contributed by atoms with Gasteiger partial charge in [0.2, 0.25) is 5.82 Å². The third kappa shape index (κ3) is 1.57. The van der Waals surface area contributed by atoms with Crippen molar-refractivity contribution >= 4 is 0 Å². The first kappa shape index (κ1) is 11.0. The Morgan fingerprint density at radius 2 is 2.19 bits per heavy atom. The Balaban J connectivity index is 2.39. The van der Waals surface area contributed by atoms with Crippen molar-refractivity contribution in [3.05, 3.63) is 32.9 Å². The summed E-state index contributed by atoms with van der Waals surface area (Å²) in [4.78, 5) is 23.7. The predicted molar refractivity (Wildman–Crippen MR) is 50.2 cm³/mol. The highest BCUT2D eigenvalue weighted by atomic mass is 19.1. The molecule has 0 unspecified atom stereocenters. The van der Waals surface area contributed by atoms with Gasteiger partial charge in [-0.2, -0.15) is 4.39 Å². The first-order valence-electron chi connectivity index (χ1n) is 4.78. The average Bonchev–Trinajstić information content (AvgIpc) is 2.18. The molecule has 1 fully saturated rings. The molecule has 7 heteroatoms. The number of alkyl halides is 1. The molecule has 16 heavy (non-hydrogen) atoms. The SMILES string of the molecule is O=c1[nH]c(=O)n([C@]2(F)C[C@@H](CO)C2)cc1F. The van der Waals surface area contributed by atoms with E-state index >= 15 is 0 Å². The van der Waals surface area contributed by atoms with Crippen LogP contribution in [0.25, 0.3) is 0 Å². The number of rotatable bonds is 2. The van der Waals surface area contributed by atoms with Gasteiger partial charge in [0.15, 0.2) is 5.79 Å². The summed E-state index contributed by atoms with van der Waals surface area (Å²) in [6.45, 7) is -0.174. The van der Waals surface area contributed by atoms with E-state index in [1.807, 2.05) is 0 Å². The van der Waals surface area contributed by atoms with E-state index in [-0.39, 0.29) is 25.4 Å². The number of nitrogens with zero attached hydrogens (tertiary/aromatic N) is 1. The summed E-state index contributed by atoms with van der Waals surface area (Å²) in [6.07, 6.45) is 0.443. The van der Waals surface area contributed by atoms with Gasteiger partial charge in [0.1, 0.15) is 0 Å². The largest absolute Gasteiger partial charge is 0.396 e. The van der Waals surface area contributed by atoms with Crippen LogP contribution in [0.2, 0.25) is 0 Å².